The molecule has 4 nitrogen and oxygen atoms in total. The van der Waals surface area contributed by atoms with E-state index < -0.39 is 0 Å². The second-order valence-corrected chi connectivity index (χ2v) is 5.77. The summed E-state index contributed by atoms with van der Waals surface area (Å²) in [5.41, 5.74) is 1.04. The molecule has 0 saturated carbocycles. The molecule has 0 N–H and O–H groups in total. The molecule has 0 spiro atoms. The van der Waals surface area contributed by atoms with Crippen LogP contribution in [0.1, 0.15) is 34.0 Å². The number of benzene rings is 1. The average Bonchev–Trinajstić information content (AvgIpc) is 2.93. The van der Waals surface area contributed by atoms with Crippen LogP contribution in [0, 0.1) is 0 Å². The molecule has 0 aliphatic heterocycles. The van der Waals surface area contributed by atoms with Gasteiger partial charge in [-0.1, -0.05) is 23.7 Å². The predicted molar refractivity (Wildman–Crippen MR) is 85.2 cm³/mol. The molecule has 0 aliphatic rings. The molecule has 0 radical (unpaired) electrons. The fourth-order valence-corrected chi connectivity index (χ4v) is 3.07. The number of halogens is 1. The Bertz CT molecular complexity index is 648. The van der Waals surface area contributed by atoms with Crippen molar-refractivity contribution in [2.75, 3.05) is 13.1 Å². The normalized spacial score (nSPS) is 10.4. The van der Waals surface area contributed by atoms with Crippen LogP contribution >= 0.6 is 22.9 Å². The van der Waals surface area contributed by atoms with E-state index in [0.717, 1.165) is 5.56 Å². The molecule has 1 aromatic heterocycles. The van der Waals surface area contributed by atoms with E-state index in [0.29, 0.717) is 34.3 Å². The van der Waals surface area contributed by atoms with Gasteiger partial charge < -0.3 is 4.90 Å². The third-order valence-electron chi connectivity index (χ3n) is 3.10. The van der Waals surface area contributed by atoms with Crippen molar-refractivity contribution in [3.63, 3.8) is 0 Å². The van der Waals surface area contributed by atoms with Crippen LogP contribution in [0.4, 0.5) is 0 Å². The summed E-state index contributed by atoms with van der Waals surface area (Å²) < 4.78 is 0. The number of carbonyl (C=O) groups excluding carboxylic acids is 2. The molecule has 21 heavy (non-hydrogen) atoms. The Labute approximate surface area is 132 Å². The number of aldehydes is 1. The van der Waals surface area contributed by atoms with Gasteiger partial charge in [-0.2, -0.15) is 0 Å². The molecule has 2 aromatic rings. The smallest absolute Gasteiger partial charge is 0.266 e. The zero-order valence-electron chi connectivity index (χ0n) is 11.8. The van der Waals surface area contributed by atoms with Crippen molar-refractivity contribution in [1.82, 2.24) is 9.88 Å². The highest BCUT2D eigenvalue weighted by Crippen LogP contribution is 2.29. The Kier molecular flexibility index (Phi) is 5.09. The first-order chi connectivity index (χ1) is 10.1. The summed E-state index contributed by atoms with van der Waals surface area (Å²) in [5.74, 6) is -0.153. The van der Waals surface area contributed by atoms with Gasteiger partial charge in [-0.05, 0) is 26.0 Å². The van der Waals surface area contributed by atoms with Crippen molar-refractivity contribution >= 4 is 35.1 Å². The highest BCUT2D eigenvalue weighted by molar-refractivity contribution is 7.17. The van der Waals surface area contributed by atoms with E-state index in [9.17, 15) is 9.59 Å². The fraction of sp³-hybridized carbons (Fsp3) is 0.267. The summed E-state index contributed by atoms with van der Waals surface area (Å²) in [7, 11) is 0. The number of amides is 1. The van der Waals surface area contributed by atoms with Crippen LogP contribution in [0.2, 0.25) is 5.02 Å². The van der Waals surface area contributed by atoms with Crippen molar-refractivity contribution in [2.24, 2.45) is 0 Å². The van der Waals surface area contributed by atoms with Crippen LogP contribution < -0.4 is 0 Å². The Morgan fingerprint density at radius 1 is 1.29 bits per heavy atom. The minimum atomic E-state index is -0.153. The van der Waals surface area contributed by atoms with Gasteiger partial charge in [-0.15, -0.1) is 11.3 Å². The molecule has 0 atom stereocenters. The number of aromatic nitrogens is 1. The predicted octanol–water partition coefficient (Wildman–Crippen LogP) is 3.76. The van der Waals surface area contributed by atoms with E-state index in [1.165, 1.54) is 11.3 Å². The first-order valence-electron chi connectivity index (χ1n) is 6.61. The lowest BCUT2D eigenvalue weighted by Crippen LogP contribution is -2.30. The van der Waals surface area contributed by atoms with Crippen molar-refractivity contribution in [3.05, 3.63) is 39.9 Å². The largest absolute Gasteiger partial charge is 0.338 e. The lowest BCUT2D eigenvalue weighted by Gasteiger charge is -2.17. The van der Waals surface area contributed by atoms with Crippen LogP contribution in [0.15, 0.2) is 24.3 Å². The maximum atomic E-state index is 12.4. The van der Waals surface area contributed by atoms with Crippen LogP contribution in [-0.4, -0.2) is 35.2 Å². The Hall–Kier alpha value is -1.72. The van der Waals surface area contributed by atoms with Crippen molar-refractivity contribution in [1.29, 1.82) is 0 Å². The number of rotatable bonds is 5. The summed E-state index contributed by atoms with van der Waals surface area (Å²) in [5, 5.41) is 1.27. The highest BCUT2D eigenvalue weighted by Gasteiger charge is 2.21. The zero-order valence-corrected chi connectivity index (χ0v) is 13.4. The SMILES string of the molecule is CCN(CC)C(=O)c1sc(-c2ccc(Cl)cc2)nc1C=O. The molecule has 1 aromatic carbocycles. The Morgan fingerprint density at radius 3 is 2.43 bits per heavy atom. The van der Waals surface area contributed by atoms with E-state index in [-0.39, 0.29) is 11.6 Å². The van der Waals surface area contributed by atoms with Crippen LogP contribution in [0.5, 0.6) is 0 Å². The van der Waals surface area contributed by atoms with Gasteiger partial charge in [0.15, 0.2) is 6.29 Å². The monoisotopic (exact) mass is 322 g/mol. The van der Waals surface area contributed by atoms with E-state index in [2.05, 4.69) is 4.98 Å². The summed E-state index contributed by atoms with van der Waals surface area (Å²) in [6.45, 7) is 5.01. The second kappa shape index (κ2) is 6.83. The molecule has 2 rings (SSSR count). The van der Waals surface area contributed by atoms with Gasteiger partial charge in [0.1, 0.15) is 15.6 Å². The molecule has 1 amide bonds. The number of hydrogen-bond donors (Lipinski definition) is 0. The number of carbonyl (C=O) groups is 2. The molecule has 0 unspecified atom stereocenters. The summed E-state index contributed by atoms with van der Waals surface area (Å²) in [6, 6.07) is 7.15. The van der Waals surface area contributed by atoms with E-state index in [4.69, 9.17) is 11.6 Å². The van der Waals surface area contributed by atoms with Gasteiger partial charge in [0.25, 0.3) is 5.91 Å². The number of thiazole rings is 1. The van der Waals surface area contributed by atoms with Gasteiger partial charge in [0, 0.05) is 23.7 Å². The van der Waals surface area contributed by atoms with Crippen molar-refractivity contribution in [3.8, 4) is 10.6 Å². The second-order valence-electron chi connectivity index (χ2n) is 4.34. The Morgan fingerprint density at radius 2 is 1.90 bits per heavy atom. The quantitative estimate of drug-likeness (QED) is 0.788. The average molecular weight is 323 g/mol. The number of hydrogen-bond acceptors (Lipinski definition) is 4. The van der Waals surface area contributed by atoms with Gasteiger partial charge in [0.2, 0.25) is 0 Å². The first-order valence-corrected chi connectivity index (χ1v) is 7.81. The highest BCUT2D eigenvalue weighted by atomic mass is 35.5. The molecule has 1 heterocycles. The molecule has 110 valence electrons. The third-order valence-corrected chi connectivity index (χ3v) is 4.46. The van der Waals surface area contributed by atoms with Crippen molar-refractivity contribution in [2.45, 2.75) is 13.8 Å². The first kappa shape index (κ1) is 15.7. The molecule has 0 saturated heterocycles. The molecular weight excluding hydrogens is 308 g/mol. The maximum absolute atomic E-state index is 12.4. The van der Waals surface area contributed by atoms with Gasteiger partial charge in [0.05, 0.1) is 0 Å². The lowest BCUT2D eigenvalue weighted by atomic mass is 10.2. The van der Waals surface area contributed by atoms with E-state index in [1.807, 2.05) is 26.0 Å². The maximum Gasteiger partial charge on any atom is 0.266 e. The third kappa shape index (κ3) is 3.31. The summed E-state index contributed by atoms with van der Waals surface area (Å²) in [6.07, 6.45) is 0.632. The van der Waals surface area contributed by atoms with Crippen LogP contribution in [0.3, 0.4) is 0 Å². The zero-order chi connectivity index (χ0) is 15.4. The Balaban J connectivity index is 2.42. The fourth-order valence-electron chi connectivity index (χ4n) is 1.94. The molecule has 0 bridgehead atoms. The summed E-state index contributed by atoms with van der Waals surface area (Å²) in [4.78, 5) is 29.9. The molecule has 6 heteroatoms. The minimum absolute atomic E-state index is 0.153. The molecule has 0 fully saturated rings. The topological polar surface area (TPSA) is 50.3 Å². The van der Waals surface area contributed by atoms with Gasteiger partial charge in [-0.3, -0.25) is 9.59 Å². The summed E-state index contributed by atoms with van der Waals surface area (Å²) >= 11 is 7.09. The number of nitrogens with zero attached hydrogens (tertiary/aromatic N) is 2. The van der Waals surface area contributed by atoms with E-state index >= 15 is 0 Å². The van der Waals surface area contributed by atoms with Crippen LogP contribution in [-0.2, 0) is 0 Å². The van der Waals surface area contributed by atoms with E-state index in [1.54, 1.807) is 17.0 Å². The van der Waals surface area contributed by atoms with Gasteiger partial charge in [-0.25, -0.2) is 4.98 Å². The molecule has 0 aliphatic carbocycles. The van der Waals surface area contributed by atoms with Crippen molar-refractivity contribution < 1.29 is 9.59 Å². The standard InChI is InChI=1S/C15H15ClN2O2S/c1-3-18(4-2)15(20)13-12(9-19)17-14(21-13)10-5-7-11(16)8-6-10/h5-9H,3-4H2,1-2H3. The molecular formula is C15H15ClN2O2S. The van der Waals surface area contributed by atoms with Crippen LogP contribution in [0.25, 0.3) is 10.6 Å². The van der Waals surface area contributed by atoms with Gasteiger partial charge >= 0.3 is 0 Å². The minimum Gasteiger partial charge on any atom is -0.338 e. The lowest BCUT2D eigenvalue weighted by molar-refractivity contribution is 0.0774.